The number of carbonyl (C=O) groups is 1. The average molecular weight is 460 g/mol. The van der Waals surface area contributed by atoms with Gasteiger partial charge in [0.25, 0.3) is 11.5 Å². The van der Waals surface area contributed by atoms with E-state index in [-0.39, 0.29) is 5.56 Å². The summed E-state index contributed by atoms with van der Waals surface area (Å²) < 4.78 is 2.17. The summed E-state index contributed by atoms with van der Waals surface area (Å²) in [6, 6.07) is 22.3. The van der Waals surface area contributed by atoms with Crippen LogP contribution in [0.1, 0.15) is 11.1 Å². The number of aryl methyl sites for hydroxylation is 1. The molecule has 1 heterocycles. The normalized spacial score (nSPS) is 11.1. The van der Waals surface area contributed by atoms with Gasteiger partial charge >= 0.3 is 0 Å². The highest BCUT2D eigenvalue weighted by Gasteiger charge is 2.14. The molecule has 0 aliphatic heterocycles. The summed E-state index contributed by atoms with van der Waals surface area (Å²) in [5.74, 6) is -0.0428. The molecule has 148 valence electrons. The second-order valence-electron chi connectivity index (χ2n) is 6.82. The van der Waals surface area contributed by atoms with Crippen LogP contribution in [-0.2, 0) is 4.79 Å². The molecular weight excluding hydrogens is 442 g/mol. The molecule has 0 aliphatic carbocycles. The van der Waals surface area contributed by atoms with Crippen molar-refractivity contribution in [1.82, 2.24) is 9.66 Å². The SMILES string of the molecule is Cc1cccc(-c2nc3ccccc3c(=O)n2NC(=O)C=Cc2ccc(Br)cc2)c1. The number of para-hydroxylation sites is 1. The van der Waals surface area contributed by atoms with Crippen molar-refractivity contribution in [2.24, 2.45) is 0 Å². The van der Waals surface area contributed by atoms with E-state index >= 15 is 0 Å². The number of rotatable bonds is 4. The predicted molar refractivity (Wildman–Crippen MR) is 124 cm³/mol. The van der Waals surface area contributed by atoms with Crippen molar-refractivity contribution in [3.63, 3.8) is 0 Å². The van der Waals surface area contributed by atoms with Crippen LogP contribution >= 0.6 is 15.9 Å². The standard InChI is InChI=1S/C24H18BrN3O2/c1-16-5-4-6-18(15-16)23-26-21-8-3-2-7-20(21)24(30)28(23)27-22(29)14-11-17-9-12-19(25)13-10-17/h2-15H,1H3,(H,27,29). The zero-order valence-electron chi connectivity index (χ0n) is 16.2. The summed E-state index contributed by atoms with van der Waals surface area (Å²) in [6.45, 7) is 1.96. The minimum absolute atomic E-state index is 0.331. The van der Waals surface area contributed by atoms with Gasteiger partial charge in [-0.1, -0.05) is 64.0 Å². The molecule has 0 saturated heterocycles. The topological polar surface area (TPSA) is 64.0 Å². The minimum atomic E-state index is -0.425. The molecule has 1 N–H and O–H groups in total. The first kappa shape index (κ1) is 19.8. The molecule has 1 amide bonds. The van der Waals surface area contributed by atoms with E-state index in [9.17, 15) is 9.59 Å². The Kier molecular flexibility index (Phi) is 5.59. The molecule has 0 aliphatic rings. The maximum atomic E-state index is 13.1. The number of halogens is 1. The summed E-state index contributed by atoms with van der Waals surface area (Å²) in [6.07, 6.45) is 3.08. The van der Waals surface area contributed by atoms with Gasteiger partial charge in [0.1, 0.15) is 0 Å². The summed E-state index contributed by atoms with van der Waals surface area (Å²) in [7, 11) is 0. The van der Waals surface area contributed by atoms with Gasteiger partial charge in [0.05, 0.1) is 10.9 Å². The Morgan fingerprint density at radius 1 is 1.03 bits per heavy atom. The van der Waals surface area contributed by atoms with Crippen LogP contribution in [0, 0.1) is 6.92 Å². The second kappa shape index (κ2) is 8.47. The molecule has 0 bridgehead atoms. The first-order valence-corrected chi connectivity index (χ1v) is 10.1. The zero-order chi connectivity index (χ0) is 21.1. The van der Waals surface area contributed by atoms with E-state index in [0.29, 0.717) is 16.7 Å². The Morgan fingerprint density at radius 3 is 2.57 bits per heavy atom. The summed E-state index contributed by atoms with van der Waals surface area (Å²) >= 11 is 3.38. The largest absolute Gasteiger partial charge is 0.280 e. The van der Waals surface area contributed by atoms with Crippen LogP contribution in [0.3, 0.4) is 0 Å². The fraction of sp³-hybridized carbons (Fsp3) is 0.0417. The lowest BCUT2D eigenvalue weighted by atomic mass is 10.1. The number of benzene rings is 3. The molecule has 0 atom stereocenters. The number of hydrogen-bond acceptors (Lipinski definition) is 3. The number of hydrogen-bond donors (Lipinski definition) is 1. The van der Waals surface area contributed by atoms with Crippen molar-refractivity contribution >= 4 is 38.8 Å². The van der Waals surface area contributed by atoms with Crippen molar-refractivity contribution in [2.75, 3.05) is 5.43 Å². The number of carbonyl (C=O) groups excluding carboxylic acids is 1. The van der Waals surface area contributed by atoms with Crippen molar-refractivity contribution in [2.45, 2.75) is 6.92 Å². The van der Waals surface area contributed by atoms with Gasteiger partial charge < -0.3 is 0 Å². The molecule has 5 nitrogen and oxygen atoms in total. The number of fused-ring (bicyclic) bond motifs is 1. The molecule has 4 rings (SSSR count). The third kappa shape index (κ3) is 4.23. The van der Waals surface area contributed by atoms with E-state index in [2.05, 4.69) is 26.3 Å². The van der Waals surface area contributed by atoms with Gasteiger partial charge in [-0.25, -0.2) is 4.98 Å². The number of aromatic nitrogens is 2. The minimum Gasteiger partial charge on any atom is -0.268 e. The van der Waals surface area contributed by atoms with E-state index in [1.165, 1.54) is 10.8 Å². The summed E-state index contributed by atoms with van der Waals surface area (Å²) in [4.78, 5) is 30.4. The number of nitrogens with one attached hydrogen (secondary N) is 1. The van der Waals surface area contributed by atoms with Gasteiger partial charge in [0.2, 0.25) is 0 Å². The second-order valence-corrected chi connectivity index (χ2v) is 7.74. The van der Waals surface area contributed by atoms with E-state index in [4.69, 9.17) is 0 Å². The molecule has 0 unspecified atom stereocenters. The molecule has 4 aromatic rings. The van der Waals surface area contributed by atoms with Crippen LogP contribution in [0.2, 0.25) is 0 Å². The molecule has 0 saturated carbocycles. The van der Waals surface area contributed by atoms with Gasteiger partial charge in [-0.3, -0.25) is 15.0 Å². The zero-order valence-corrected chi connectivity index (χ0v) is 17.8. The Labute approximate surface area is 181 Å². The smallest absolute Gasteiger partial charge is 0.268 e. The van der Waals surface area contributed by atoms with E-state index in [1.807, 2.05) is 61.5 Å². The van der Waals surface area contributed by atoms with Crippen LogP contribution < -0.4 is 11.0 Å². The highest BCUT2D eigenvalue weighted by Crippen LogP contribution is 2.19. The monoisotopic (exact) mass is 459 g/mol. The van der Waals surface area contributed by atoms with E-state index in [0.717, 1.165) is 21.2 Å². The van der Waals surface area contributed by atoms with Crippen molar-refractivity contribution in [3.8, 4) is 11.4 Å². The predicted octanol–water partition coefficient (Wildman–Crippen LogP) is 4.92. The fourth-order valence-corrected chi connectivity index (χ4v) is 3.37. The summed E-state index contributed by atoms with van der Waals surface area (Å²) in [5, 5.41) is 0.436. The van der Waals surface area contributed by atoms with Gasteiger partial charge in [-0.15, -0.1) is 0 Å². The Bertz CT molecular complexity index is 1320. The molecular formula is C24H18BrN3O2. The number of amides is 1. The highest BCUT2D eigenvalue weighted by atomic mass is 79.9. The first-order chi connectivity index (χ1) is 14.5. The maximum absolute atomic E-state index is 13.1. The van der Waals surface area contributed by atoms with Crippen LogP contribution in [-0.4, -0.2) is 15.6 Å². The fourth-order valence-electron chi connectivity index (χ4n) is 3.11. The molecule has 3 aromatic carbocycles. The van der Waals surface area contributed by atoms with Crippen LogP contribution in [0.25, 0.3) is 28.4 Å². The van der Waals surface area contributed by atoms with Gasteiger partial charge in [0, 0.05) is 16.1 Å². The van der Waals surface area contributed by atoms with E-state index < -0.39 is 5.91 Å². The Balaban J connectivity index is 1.75. The highest BCUT2D eigenvalue weighted by molar-refractivity contribution is 9.10. The van der Waals surface area contributed by atoms with Gasteiger partial charge in [0.15, 0.2) is 5.82 Å². The van der Waals surface area contributed by atoms with Crippen molar-refractivity contribution in [1.29, 1.82) is 0 Å². The van der Waals surface area contributed by atoms with Crippen molar-refractivity contribution < 1.29 is 4.79 Å². The third-order valence-electron chi connectivity index (χ3n) is 4.57. The van der Waals surface area contributed by atoms with Gasteiger partial charge in [-0.2, -0.15) is 4.68 Å². The lowest BCUT2D eigenvalue weighted by Gasteiger charge is -2.14. The molecule has 0 fully saturated rings. The molecule has 0 radical (unpaired) electrons. The van der Waals surface area contributed by atoms with Crippen LogP contribution in [0.15, 0.2) is 88.1 Å². The van der Waals surface area contributed by atoms with Crippen molar-refractivity contribution in [3.05, 3.63) is 105 Å². The Hall–Kier alpha value is -3.51. The van der Waals surface area contributed by atoms with E-state index in [1.54, 1.807) is 24.3 Å². The van der Waals surface area contributed by atoms with Crippen LogP contribution in [0.4, 0.5) is 0 Å². The molecule has 1 aromatic heterocycles. The lowest BCUT2D eigenvalue weighted by Crippen LogP contribution is -2.34. The molecule has 6 heteroatoms. The van der Waals surface area contributed by atoms with Crippen LogP contribution in [0.5, 0.6) is 0 Å². The number of nitrogens with zero attached hydrogens (tertiary/aromatic N) is 2. The lowest BCUT2D eigenvalue weighted by molar-refractivity contribution is -0.112. The first-order valence-electron chi connectivity index (χ1n) is 9.35. The molecule has 0 spiro atoms. The Morgan fingerprint density at radius 2 is 1.80 bits per heavy atom. The quantitative estimate of drug-likeness (QED) is 0.440. The average Bonchev–Trinajstić information content (AvgIpc) is 2.75. The third-order valence-corrected chi connectivity index (χ3v) is 5.10. The maximum Gasteiger partial charge on any atom is 0.280 e. The molecule has 30 heavy (non-hydrogen) atoms. The summed E-state index contributed by atoms with van der Waals surface area (Å²) in [5.41, 5.74) is 5.57. The van der Waals surface area contributed by atoms with Gasteiger partial charge in [-0.05, 0) is 48.9 Å².